The van der Waals surface area contributed by atoms with Crippen LogP contribution >= 0.6 is 11.3 Å². The summed E-state index contributed by atoms with van der Waals surface area (Å²) in [6.45, 7) is 0.396. The van der Waals surface area contributed by atoms with E-state index in [9.17, 15) is 27.9 Å². The van der Waals surface area contributed by atoms with E-state index in [1.54, 1.807) is 0 Å². The van der Waals surface area contributed by atoms with Gasteiger partial charge in [0.1, 0.15) is 0 Å². The summed E-state index contributed by atoms with van der Waals surface area (Å²) in [4.78, 5) is 25.0. The Morgan fingerprint density at radius 3 is 2.56 bits per heavy atom. The number of carbonyl (C=O) groups excluding carboxylic acids is 2. The van der Waals surface area contributed by atoms with Crippen molar-refractivity contribution in [3.05, 3.63) is 51.2 Å². The largest absolute Gasteiger partial charge is 0.426 e. The van der Waals surface area contributed by atoms with Crippen molar-refractivity contribution in [2.75, 3.05) is 5.32 Å². The average Bonchev–Trinajstić information content (AvgIpc) is 2.95. The van der Waals surface area contributed by atoms with Gasteiger partial charge in [-0.15, -0.1) is 11.3 Å². The summed E-state index contributed by atoms with van der Waals surface area (Å²) < 4.78 is 38.2. The minimum absolute atomic E-state index is 0.103. The molecule has 8 heteroatoms. The van der Waals surface area contributed by atoms with E-state index in [0.29, 0.717) is 35.8 Å². The van der Waals surface area contributed by atoms with Gasteiger partial charge in [-0.25, -0.2) is 0 Å². The number of nitrogens with one attached hydrogen (secondary N) is 1. The number of alkyl halides is 3. The fourth-order valence-corrected chi connectivity index (χ4v) is 3.51. The van der Waals surface area contributed by atoms with E-state index >= 15 is 0 Å². The minimum Gasteiger partial charge on any atom is -0.373 e. The Morgan fingerprint density at radius 1 is 1.20 bits per heavy atom. The molecule has 0 spiro atoms. The van der Waals surface area contributed by atoms with Gasteiger partial charge in [0.2, 0.25) is 11.4 Å². The first kappa shape index (κ1) is 17.6. The quantitative estimate of drug-likeness (QED) is 0.853. The number of halogens is 3. The van der Waals surface area contributed by atoms with E-state index in [2.05, 4.69) is 5.32 Å². The Labute approximate surface area is 145 Å². The van der Waals surface area contributed by atoms with Crippen molar-refractivity contribution < 1.29 is 27.9 Å². The first-order valence-electron chi connectivity index (χ1n) is 7.46. The second-order valence-corrected chi connectivity index (χ2v) is 6.92. The molecule has 1 aromatic carbocycles. The van der Waals surface area contributed by atoms with Gasteiger partial charge in [0.15, 0.2) is 0 Å². The van der Waals surface area contributed by atoms with Gasteiger partial charge in [-0.1, -0.05) is 0 Å². The number of carbonyl (C=O) groups is 2. The van der Waals surface area contributed by atoms with Crippen LogP contribution < -0.4 is 5.32 Å². The molecule has 132 valence electrons. The molecule has 0 saturated heterocycles. The molecule has 25 heavy (non-hydrogen) atoms. The van der Waals surface area contributed by atoms with Crippen LogP contribution in [-0.2, 0) is 17.6 Å². The number of amides is 1. The molecule has 1 atom stereocenters. The summed E-state index contributed by atoms with van der Waals surface area (Å²) in [6.07, 6.45) is -3.92. The predicted octanol–water partition coefficient (Wildman–Crippen LogP) is 3.33. The Hall–Kier alpha value is -2.19. The number of hydrogen-bond acceptors (Lipinski definition) is 4. The number of aliphatic hydroxyl groups is 1. The van der Waals surface area contributed by atoms with Crippen molar-refractivity contribution in [1.82, 2.24) is 0 Å². The monoisotopic (exact) mass is 369 g/mol. The Morgan fingerprint density at radius 2 is 1.88 bits per heavy atom. The van der Waals surface area contributed by atoms with Crippen LogP contribution in [0.1, 0.15) is 33.3 Å². The van der Waals surface area contributed by atoms with Gasteiger partial charge >= 0.3 is 6.18 Å². The van der Waals surface area contributed by atoms with Crippen LogP contribution in [0, 0.1) is 0 Å². The van der Waals surface area contributed by atoms with Crippen LogP contribution in [0.15, 0.2) is 29.6 Å². The smallest absolute Gasteiger partial charge is 0.373 e. The lowest BCUT2D eigenvalue weighted by atomic mass is 10.0. The molecule has 1 aliphatic carbocycles. The zero-order valence-corrected chi connectivity index (χ0v) is 13.9. The van der Waals surface area contributed by atoms with E-state index in [1.165, 1.54) is 29.5 Å². The number of hydrogen-bond donors (Lipinski definition) is 2. The number of fused-ring (bicyclic) bond motifs is 2. The van der Waals surface area contributed by atoms with Gasteiger partial charge in [0.25, 0.3) is 5.91 Å². The topological polar surface area (TPSA) is 66.4 Å². The molecular weight excluding hydrogens is 355 g/mol. The second kappa shape index (κ2) is 5.96. The molecule has 0 aliphatic heterocycles. The van der Waals surface area contributed by atoms with Gasteiger partial charge in [-0.2, -0.15) is 13.2 Å². The third-order valence-corrected chi connectivity index (χ3v) is 5.17. The van der Waals surface area contributed by atoms with Crippen molar-refractivity contribution in [2.45, 2.75) is 31.5 Å². The highest BCUT2D eigenvalue weighted by Crippen LogP contribution is 2.32. The van der Waals surface area contributed by atoms with Crippen LogP contribution in [0.2, 0.25) is 0 Å². The summed E-state index contributed by atoms with van der Waals surface area (Å²) in [5, 5.41) is 13.3. The highest BCUT2D eigenvalue weighted by Gasteiger charge is 2.55. The number of thiophene rings is 1. The Kier molecular flexibility index (Phi) is 4.20. The molecule has 2 N–H and O–H groups in total. The molecule has 0 radical (unpaired) electrons. The van der Waals surface area contributed by atoms with Gasteiger partial charge in [0, 0.05) is 11.3 Å². The summed E-state index contributed by atoms with van der Waals surface area (Å²) in [6, 6.07) is 6.21. The van der Waals surface area contributed by atoms with E-state index in [0.717, 1.165) is 5.56 Å². The molecule has 0 bridgehead atoms. The van der Waals surface area contributed by atoms with E-state index in [-0.39, 0.29) is 11.5 Å². The number of ketones is 1. The molecule has 1 amide bonds. The molecule has 1 unspecified atom stereocenters. The number of rotatable bonds is 2. The van der Waals surface area contributed by atoms with Gasteiger partial charge in [-0.3, -0.25) is 9.59 Å². The van der Waals surface area contributed by atoms with Crippen LogP contribution in [0.5, 0.6) is 0 Å². The molecule has 0 fully saturated rings. The summed E-state index contributed by atoms with van der Waals surface area (Å²) in [7, 11) is 0. The van der Waals surface area contributed by atoms with Gasteiger partial charge in [0.05, 0.1) is 4.88 Å². The van der Waals surface area contributed by atoms with Crippen molar-refractivity contribution in [2.24, 2.45) is 0 Å². The number of aryl methyl sites for hydroxylation is 2. The van der Waals surface area contributed by atoms with Gasteiger partial charge < -0.3 is 10.4 Å². The van der Waals surface area contributed by atoms with Gasteiger partial charge in [-0.05, 0) is 60.5 Å². The third-order valence-electron chi connectivity index (χ3n) is 4.22. The zero-order valence-electron chi connectivity index (χ0n) is 13.1. The zero-order chi connectivity index (χ0) is 18.4. The summed E-state index contributed by atoms with van der Waals surface area (Å²) in [5.41, 5.74) is -1.33. The first-order chi connectivity index (χ1) is 11.6. The normalized spacial score (nSPS) is 16.4. The van der Waals surface area contributed by atoms with Crippen molar-refractivity contribution in [1.29, 1.82) is 0 Å². The van der Waals surface area contributed by atoms with E-state index < -0.39 is 17.7 Å². The molecule has 2 aromatic rings. The molecule has 1 heterocycles. The third kappa shape index (κ3) is 3.07. The van der Waals surface area contributed by atoms with Crippen LogP contribution in [0.4, 0.5) is 18.9 Å². The molecule has 1 aliphatic rings. The first-order valence-corrected chi connectivity index (χ1v) is 8.34. The highest BCUT2D eigenvalue weighted by molar-refractivity contribution is 7.12. The Bertz CT molecular complexity index is 855. The lowest BCUT2D eigenvalue weighted by Gasteiger charge is -2.25. The maximum absolute atomic E-state index is 12.7. The average molecular weight is 369 g/mol. The van der Waals surface area contributed by atoms with Crippen LogP contribution in [0.25, 0.3) is 0 Å². The molecule has 4 nitrogen and oxygen atoms in total. The SMILES string of the molecule is CC(O)(C(=O)Nc1ccc2c(c1)CCc1ccsc1C2=O)C(F)(F)F. The van der Waals surface area contributed by atoms with Crippen LogP contribution in [-0.4, -0.2) is 28.6 Å². The molecule has 1 aromatic heterocycles. The standard InChI is InChI=1S/C17H14F3NO3S/c1-16(24,17(18,19)20)15(23)21-11-4-5-12-10(8-11)3-2-9-6-7-25-14(9)13(12)22/h4-8,24H,2-3H2,1H3,(H,21,23). The lowest BCUT2D eigenvalue weighted by Crippen LogP contribution is -2.52. The lowest BCUT2D eigenvalue weighted by molar-refractivity contribution is -0.242. The van der Waals surface area contributed by atoms with Crippen molar-refractivity contribution in [3.8, 4) is 0 Å². The maximum atomic E-state index is 12.7. The molecular formula is C17H14F3NO3S. The Balaban J connectivity index is 1.87. The van der Waals surface area contributed by atoms with Crippen LogP contribution in [0.3, 0.4) is 0 Å². The van der Waals surface area contributed by atoms with Crippen molar-refractivity contribution in [3.63, 3.8) is 0 Å². The predicted molar refractivity (Wildman–Crippen MR) is 86.9 cm³/mol. The van der Waals surface area contributed by atoms with Crippen molar-refractivity contribution >= 4 is 28.7 Å². The summed E-state index contributed by atoms with van der Waals surface area (Å²) in [5.74, 6) is -1.70. The minimum atomic E-state index is -5.09. The maximum Gasteiger partial charge on any atom is 0.426 e. The molecule has 0 saturated carbocycles. The molecule has 3 rings (SSSR count). The number of benzene rings is 1. The van der Waals surface area contributed by atoms with E-state index in [1.807, 2.05) is 11.4 Å². The second-order valence-electron chi connectivity index (χ2n) is 6.00. The number of anilines is 1. The fourth-order valence-electron chi connectivity index (χ4n) is 2.60. The fraction of sp³-hybridized carbons (Fsp3) is 0.294. The van der Waals surface area contributed by atoms with E-state index in [4.69, 9.17) is 0 Å². The summed E-state index contributed by atoms with van der Waals surface area (Å²) >= 11 is 1.35. The highest BCUT2D eigenvalue weighted by atomic mass is 32.1.